The Kier molecular flexibility index (Phi) is 3.37. The van der Waals surface area contributed by atoms with Gasteiger partial charge in [0.25, 0.3) is 0 Å². The Hall–Kier alpha value is -1.26. The van der Waals surface area contributed by atoms with E-state index in [0.29, 0.717) is 19.3 Å². The van der Waals surface area contributed by atoms with E-state index in [1.807, 2.05) is 11.3 Å². The third-order valence-electron chi connectivity index (χ3n) is 3.54. The van der Waals surface area contributed by atoms with E-state index in [-0.39, 0.29) is 0 Å². The summed E-state index contributed by atoms with van der Waals surface area (Å²) in [4.78, 5) is 1.40. The molecule has 1 aliphatic rings. The van der Waals surface area contributed by atoms with Crippen LogP contribution in [0.25, 0.3) is 10.1 Å². The molecule has 4 heteroatoms. The number of hydrogen-bond donors (Lipinski definition) is 1. The third-order valence-corrected chi connectivity index (χ3v) is 4.98. The van der Waals surface area contributed by atoms with Crippen LogP contribution in [0.2, 0.25) is 0 Å². The van der Waals surface area contributed by atoms with Crippen LogP contribution >= 0.6 is 11.3 Å². The fraction of sp³-hybridized carbons (Fsp3) is 0.467. The standard InChI is InChI=1S/C15H19NO2S/c1-4-16-10(3)15-9(2)11-7-12-13(8-14(11)19-15)18-6-5-17-12/h7-8,10,16H,4-6H2,1-3H3. The fourth-order valence-electron chi connectivity index (χ4n) is 2.59. The maximum atomic E-state index is 5.67. The molecule has 1 N–H and O–H groups in total. The van der Waals surface area contributed by atoms with Crippen molar-refractivity contribution in [2.45, 2.75) is 26.8 Å². The van der Waals surface area contributed by atoms with Crippen LogP contribution in [0.3, 0.4) is 0 Å². The summed E-state index contributed by atoms with van der Waals surface area (Å²) < 4.78 is 12.6. The molecular weight excluding hydrogens is 258 g/mol. The Bertz CT molecular complexity index is 606. The van der Waals surface area contributed by atoms with Crippen molar-refractivity contribution in [3.8, 4) is 11.5 Å². The van der Waals surface area contributed by atoms with E-state index >= 15 is 0 Å². The zero-order chi connectivity index (χ0) is 13.4. The first-order valence-corrected chi connectivity index (χ1v) is 7.58. The van der Waals surface area contributed by atoms with Crippen LogP contribution in [0.15, 0.2) is 12.1 Å². The normalized spacial score (nSPS) is 15.7. The minimum atomic E-state index is 0.390. The number of rotatable bonds is 3. The van der Waals surface area contributed by atoms with Gasteiger partial charge in [-0.15, -0.1) is 11.3 Å². The largest absolute Gasteiger partial charge is 0.486 e. The Morgan fingerprint density at radius 2 is 1.95 bits per heavy atom. The zero-order valence-electron chi connectivity index (χ0n) is 11.6. The lowest BCUT2D eigenvalue weighted by Gasteiger charge is -2.18. The van der Waals surface area contributed by atoms with Gasteiger partial charge in [0.05, 0.1) is 0 Å². The summed E-state index contributed by atoms with van der Waals surface area (Å²) in [7, 11) is 0. The highest BCUT2D eigenvalue weighted by Crippen LogP contribution is 2.41. The Labute approximate surface area is 117 Å². The fourth-order valence-corrected chi connectivity index (χ4v) is 3.84. The second kappa shape index (κ2) is 5.02. The predicted molar refractivity (Wildman–Crippen MR) is 79.6 cm³/mol. The summed E-state index contributed by atoms with van der Waals surface area (Å²) in [6, 6.07) is 4.63. The molecule has 0 saturated heterocycles. The molecule has 1 aliphatic heterocycles. The van der Waals surface area contributed by atoms with Gasteiger partial charge in [0.15, 0.2) is 11.5 Å². The van der Waals surface area contributed by atoms with Crippen LogP contribution in [0.4, 0.5) is 0 Å². The van der Waals surface area contributed by atoms with Crippen molar-refractivity contribution in [1.29, 1.82) is 0 Å². The van der Waals surface area contributed by atoms with Gasteiger partial charge in [-0.05, 0) is 37.4 Å². The Morgan fingerprint density at radius 1 is 1.26 bits per heavy atom. The first-order valence-electron chi connectivity index (χ1n) is 6.76. The molecule has 1 aromatic carbocycles. The summed E-state index contributed by atoms with van der Waals surface area (Å²) in [5.74, 6) is 1.75. The van der Waals surface area contributed by atoms with Crippen molar-refractivity contribution in [3.05, 3.63) is 22.6 Å². The summed E-state index contributed by atoms with van der Waals surface area (Å²) in [5, 5.41) is 4.77. The summed E-state index contributed by atoms with van der Waals surface area (Å²) in [6.45, 7) is 8.81. The van der Waals surface area contributed by atoms with Gasteiger partial charge < -0.3 is 14.8 Å². The first kappa shape index (κ1) is 12.8. The van der Waals surface area contributed by atoms with Crippen molar-refractivity contribution in [2.75, 3.05) is 19.8 Å². The van der Waals surface area contributed by atoms with Crippen molar-refractivity contribution in [3.63, 3.8) is 0 Å². The number of thiophene rings is 1. The molecule has 0 fully saturated rings. The molecule has 0 bridgehead atoms. The molecule has 0 saturated carbocycles. The van der Waals surface area contributed by atoms with E-state index in [0.717, 1.165) is 18.0 Å². The second-order valence-electron chi connectivity index (χ2n) is 4.86. The van der Waals surface area contributed by atoms with Gasteiger partial charge in [-0.2, -0.15) is 0 Å². The molecule has 1 atom stereocenters. The van der Waals surface area contributed by atoms with E-state index in [1.54, 1.807) is 0 Å². The summed E-state index contributed by atoms with van der Waals surface area (Å²) >= 11 is 1.85. The minimum Gasteiger partial charge on any atom is -0.486 e. The molecule has 2 heterocycles. The van der Waals surface area contributed by atoms with Gasteiger partial charge in [0.2, 0.25) is 0 Å². The van der Waals surface area contributed by atoms with Gasteiger partial charge in [0, 0.05) is 21.7 Å². The lowest BCUT2D eigenvalue weighted by Crippen LogP contribution is -2.17. The third kappa shape index (κ3) is 2.19. The van der Waals surface area contributed by atoms with Crippen LogP contribution < -0.4 is 14.8 Å². The Morgan fingerprint density at radius 3 is 2.63 bits per heavy atom. The Balaban J connectivity index is 2.10. The van der Waals surface area contributed by atoms with E-state index in [9.17, 15) is 0 Å². The number of benzene rings is 1. The maximum absolute atomic E-state index is 5.67. The minimum absolute atomic E-state index is 0.390. The molecular formula is C15H19NO2S. The highest BCUT2D eigenvalue weighted by atomic mass is 32.1. The van der Waals surface area contributed by atoms with E-state index in [4.69, 9.17) is 9.47 Å². The van der Waals surface area contributed by atoms with Crippen molar-refractivity contribution in [2.24, 2.45) is 0 Å². The summed E-state index contributed by atoms with van der Waals surface area (Å²) in [6.07, 6.45) is 0. The van der Waals surface area contributed by atoms with Crippen LogP contribution in [-0.4, -0.2) is 19.8 Å². The lowest BCUT2D eigenvalue weighted by molar-refractivity contribution is 0.172. The zero-order valence-corrected chi connectivity index (χ0v) is 12.4. The average molecular weight is 277 g/mol. The molecule has 0 radical (unpaired) electrons. The van der Waals surface area contributed by atoms with Gasteiger partial charge in [-0.1, -0.05) is 6.92 Å². The average Bonchev–Trinajstić information content (AvgIpc) is 2.74. The molecule has 0 spiro atoms. The monoisotopic (exact) mass is 277 g/mol. The number of fused-ring (bicyclic) bond motifs is 2. The van der Waals surface area contributed by atoms with Crippen LogP contribution in [0, 0.1) is 6.92 Å². The molecule has 0 amide bonds. The highest BCUT2D eigenvalue weighted by Gasteiger charge is 2.18. The van der Waals surface area contributed by atoms with Gasteiger partial charge >= 0.3 is 0 Å². The highest BCUT2D eigenvalue weighted by molar-refractivity contribution is 7.19. The number of aryl methyl sites for hydroxylation is 1. The van der Waals surface area contributed by atoms with Gasteiger partial charge in [-0.25, -0.2) is 0 Å². The predicted octanol–water partition coefficient (Wildman–Crippen LogP) is 3.65. The van der Waals surface area contributed by atoms with E-state index in [2.05, 4.69) is 38.2 Å². The molecule has 3 rings (SSSR count). The molecule has 19 heavy (non-hydrogen) atoms. The topological polar surface area (TPSA) is 30.5 Å². The van der Waals surface area contributed by atoms with Gasteiger partial charge in [-0.3, -0.25) is 0 Å². The molecule has 0 aliphatic carbocycles. The molecule has 1 aromatic heterocycles. The number of hydrogen-bond acceptors (Lipinski definition) is 4. The van der Waals surface area contributed by atoms with Crippen LogP contribution in [0.5, 0.6) is 11.5 Å². The summed E-state index contributed by atoms with van der Waals surface area (Å²) in [5.41, 5.74) is 1.35. The number of nitrogens with one attached hydrogen (secondary N) is 1. The van der Waals surface area contributed by atoms with Crippen molar-refractivity contribution in [1.82, 2.24) is 5.32 Å². The SMILES string of the molecule is CCNC(C)c1sc2cc3c(cc2c1C)OCCO3. The smallest absolute Gasteiger partial charge is 0.162 e. The van der Waals surface area contributed by atoms with E-state index in [1.165, 1.54) is 20.5 Å². The number of ether oxygens (including phenoxy) is 2. The maximum Gasteiger partial charge on any atom is 0.162 e. The quantitative estimate of drug-likeness (QED) is 0.929. The first-order chi connectivity index (χ1) is 9.20. The van der Waals surface area contributed by atoms with Gasteiger partial charge in [0.1, 0.15) is 13.2 Å². The molecule has 2 aromatic rings. The van der Waals surface area contributed by atoms with Crippen molar-refractivity contribution < 1.29 is 9.47 Å². The second-order valence-corrected chi connectivity index (χ2v) is 5.95. The molecule has 3 nitrogen and oxygen atoms in total. The van der Waals surface area contributed by atoms with E-state index < -0.39 is 0 Å². The van der Waals surface area contributed by atoms with Crippen LogP contribution in [-0.2, 0) is 0 Å². The molecule has 1 unspecified atom stereocenters. The molecule has 102 valence electrons. The lowest BCUT2D eigenvalue weighted by atomic mass is 10.1. The van der Waals surface area contributed by atoms with Crippen molar-refractivity contribution >= 4 is 21.4 Å². The van der Waals surface area contributed by atoms with Crippen LogP contribution in [0.1, 0.15) is 30.3 Å².